The van der Waals surface area contributed by atoms with Crippen LogP contribution in [0.3, 0.4) is 0 Å². The molecule has 1 aliphatic rings. The van der Waals surface area contributed by atoms with Gasteiger partial charge in [0, 0.05) is 23.0 Å². The van der Waals surface area contributed by atoms with Crippen molar-refractivity contribution in [2.24, 2.45) is 0 Å². The summed E-state index contributed by atoms with van der Waals surface area (Å²) in [6, 6.07) is 11.6. The Morgan fingerprint density at radius 1 is 1.24 bits per heavy atom. The van der Waals surface area contributed by atoms with Crippen molar-refractivity contribution in [3.63, 3.8) is 0 Å². The molecule has 0 radical (unpaired) electrons. The minimum Gasteiger partial charge on any atom is -0.506 e. The number of hydrogen-bond donors (Lipinski definition) is 2. The van der Waals surface area contributed by atoms with Crippen LogP contribution >= 0.6 is 47.2 Å². The van der Waals surface area contributed by atoms with Gasteiger partial charge < -0.3 is 10.4 Å². The zero-order chi connectivity index (χ0) is 21.0. The highest BCUT2D eigenvalue weighted by molar-refractivity contribution is 8.26. The van der Waals surface area contributed by atoms with E-state index in [1.807, 2.05) is 18.2 Å². The van der Waals surface area contributed by atoms with Crippen molar-refractivity contribution >= 4 is 75.1 Å². The van der Waals surface area contributed by atoms with Crippen molar-refractivity contribution in [3.05, 3.63) is 63.0 Å². The molecule has 3 rings (SSSR count). The predicted molar refractivity (Wildman–Crippen MR) is 122 cm³/mol. The number of anilines is 1. The van der Waals surface area contributed by atoms with Crippen molar-refractivity contribution < 1.29 is 14.7 Å². The molecule has 9 heteroatoms. The number of amides is 2. The second kappa shape index (κ2) is 9.63. The molecule has 0 unspecified atom stereocenters. The molecule has 1 aliphatic heterocycles. The van der Waals surface area contributed by atoms with Gasteiger partial charge in [0.1, 0.15) is 10.1 Å². The maximum Gasteiger partial charge on any atom is 0.266 e. The molecule has 0 aliphatic carbocycles. The minimum atomic E-state index is -0.292. The lowest BCUT2D eigenvalue weighted by Gasteiger charge is -2.14. The van der Waals surface area contributed by atoms with Crippen molar-refractivity contribution in [1.82, 2.24) is 4.90 Å². The molecule has 2 N–H and O–H groups in total. The average Bonchev–Trinajstić information content (AvgIpc) is 2.94. The number of thioether (sulfide) groups is 1. The van der Waals surface area contributed by atoms with Crippen molar-refractivity contribution in [2.45, 2.75) is 12.8 Å². The largest absolute Gasteiger partial charge is 0.506 e. The first kappa shape index (κ1) is 21.6. The zero-order valence-corrected chi connectivity index (χ0v) is 18.2. The van der Waals surface area contributed by atoms with E-state index in [1.165, 1.54) is 34.9 Å². The van der Waals surface area contributed by atoms with Crippen LogP contribution in [0.2, 0.25) is 10.0 Å². The fraction of sp³-hybridized carbons (Fsp3) is 0.150. The molecule has 1 heterocycles. The molecule has 0 saturated carbocycles. The molecule has 1 fully saturated rings. The topological polar surface area (TPSA) is 69.6 Å². The molecule has 150 valence electrons. The Kier molecular flexibility index (Phi) is 7.18. The van der Waals surface area contributed by atoms with Crippen LogP contribution in [0.5, 0.6) is 5.75 Å². The summed E-state index contributed by atoms with van der Waals surface area (Å²) in [5.74, 6) is -0.558. The Morgan fingerprint density at radius 2 is 2.00 bits per heavy atom. The minimum absolute atomic E-state index is 0.0654. The van der Waals surface area contributed by atoms with E-state index in [-0.39, 0.29) is 29.7 Å². The number of hydrogen-bond acceptors (Lipinski definition) is 5. The molecule has 5 nitrogen and oxygen atoms in total. The fourth-order valence-corrected chi connectivity index (χ4v) is 4.31. The second-order valence-electron chi connectivity index (χ2n) is 6.17. The highest BCUT2D eigenvalue weighted by Crippen LogP contribution is 2.34. The predicted octanol–water partition coefficient (Wildman–Crippen LogP) is 5.32. The number of rotatable bonds is 6. The Hall–Kier alpha value is -2.06. The summed E-state index contributed by atoms with van der Waals surface area (Å²) in [6.07, 6.45) is 2.29. The number of aromatic hydroxyl groups is 1. The average molecular weight is 467 g/mol. The second-order valence-corrected chi connectivity index (χ2v) is 8.69. The lowest BCUT2D eigenvalue weighted by molar-refractivity contribution is -0.122. The zero-order valence-electron chi connectivity index (χ0n) is 15.0. The van der Waals surface area contributed by atoms with E-state index < -0.39 is 0 Å². The normalized spacial score (nSPS) is 15.2. The SMILES string of the molecule is O=C(CCCN1C(=O)/C(=C\c2ccccc2Cl)SC1=S)Nc1cc(Cl)ccc1O. The van der Waals surface area contributed by atoms with E-state index >= 15 is 0 Å². The lowest BCUT2D eigenvalue weighted by atomic mass is 10.2. The first-order chi connectivity index (χ1) is 13.8. The van der Waals surface area contributed by atoms with Crippen LogP contribution in [0.4, 0.5) is 5.69 Å². The van der Waals surface area contributed by atoms with Crippen LogP contribution in [0.1, 0.15) is 18.4 Å². The van der Waals surface area contributed by atoms with Gasteiger partial charge >= 0.3 is 0 Å². The molecule has 0 atom stereocenters. The summed E-state index contributed by atoms with van der Waals surface area (Å²) in [4.78, 5) is 26.7. The van der Waals surface area contributed by atoms with Gasteiger partial charge in [0.15, 0.2) is 0 Å². The first-order valence-electron chi connectivity index (χ1n) is 8.63. The van der Waals surface area contributed by atoms with E-state index in [1.54, 1.807) is 12.1 Å². The third-order valence-electron chi connectivity index (χ3n) is 4.08. The van der Waals surface area contributed by atoms with Gasteiger partial charge in [0.05, 0.1) is 10.6 Å². The van der Waals surface area contributed by atoms with E-state index in [9.17, 15) is 14.7 Å². The number of nitrogens with one attached hydrogen (secondary N) is 1. The van der Waals surface area contributed by atoms with E-state index in [0.717, 1.165) is 5.56 Å². The van der Waals surface area contributed by atoms with Gasteiger partial charge in [-0.25, -0.2) is 0 Å². The molecule has 2 amide bonds. The Morgan fingerprint density at radius 3 is 2.76 bits per heavy atom. The summed E-state index contributed by atoms with van der Waals surface area (Å²) in [5, 5.41) is 13.3. The number of phenols is 1. The monoisotopic (exact) mass is 466 g/mol. The van der Waals surface area contributed by atoms with E-state index in [4.69, 9.17) is 35.4 Å². The van der Waals surface area contributed by atoms with E-state index in [0.29, 0.717) is 32.2 Å². The van der Waals surface area contributed by atoms with Crippen molar-refractivity contribution in [1.29, 1.82) is 0 Å². The molecule has 2 aromatic rings. The summed E-state index contributed by atoms with van der Waals surface area (Å²) < 4.78 is 0.446. The Balaban J connectivity index is 1.56. The number of carbonyl (C=O) groups is 2. The number of carbonyl (C=O) groups excluding carboxylic acids is 2. The van der Waals surface area contributed by atoms with Crippen molar-refractivity contribution in [3.8, 4) is 5.75 Å². The summed E-state index contributed by atoms with van der Waals surface area (Å²) in [5.41, 5.74) is 0.992. The highest BCUT2D eigenvalue weighted by Gasteiger charge is 2.31. The molecule has 2 aromatic carbocycles. The molecular weight excluding hydrogens is 451 g/mol. The fourth-order valence-electron chi connectivity index (χ4n) is 2.64. The number of nitrogens with zero attached hydrogens (tertiary/aromatic N) is 1. The van der Waals surface area contributed by atoms with E-state index in [2.05, 4.69) is 5.32 Å². The van der Waals surface area contributed by atoms with Crippen LogP contribution in [0, 0.1) is 0 Å². The van der Waals surface area contributed by atoms with Crippen LogP contribution in [-0.2, 0) is 9.59 Å². The van der Waals surface area contributed by atoms with Gasteiger partial charge in [-0.1, -0.05) is 65.4 Å². The van der Waals surface area contributed by atoms with Crippen LogP contribution in [0.25, 0.3) is 6.08 Å². The van der Waals surface area contributed by atoms with Gasteiger partial charge in [0.2, 0.25) is 5.91 Å². The van der Waals surface area contributed by atoms with Crippen LogP contribution in [-0.4, -0.2) is 32.7 Å². The molecule has 29 heavy (non-hydrogen) atoms. The Labute approximate surface area is 187 Å². The maximum atomic E-state index is 12.6. The molecule has 1 saturated heterocycles. The molecule has 0 aromatic heterocycles. The molecular formula is C20H16Cl2N2O3S2. The third kappa shape index (κ3) is 5.51. The third-order valence-corrected chi connectivity index (χ3v) is 6.04. The number of phenolic OH excluding ortho intramolecular Hbond substituents is 1. The van der Waals surface area contributed by atoms with Crippen molar-refractivity contribution in [2.75, 3.05) is 11.9 Å². The van der Waals surface area contributed by atoms with Gasteiger partial charge in [-0.15, -0.1) is 0 Å². The summed E-state index contributed by atoms with van der Waals surface area (Å²) in [7, 11) is 0. The molecule has 0 spiro atoms. The standard InChI is InChI=1S/C20H16Cl2N2O3S2/c21-13-7-8-16(25)15(11-13)23-18(26)6-3-9-24-19(27)17(29-20(24)28)10-12-4-1-2-5-14(12)22/h1-2,4-5,7-8,10-11,25H,3,6,9H2,(H,23,26)/b17-10+. The van der Waals surface area contributed by atoms with Gasteiger partial charge in [-0.05, 0) is 42.3 Å². The highest BCUT2D eigenvalue weighted by atomic mass is 35.5. The lowest BCUT2D eigenvalue weighted by Crippen LogP contribution is -2.29. The molecule has 0 bridgehead atoms. The van der Waals surface area contributed by atoms with Crippen LogP contribution < -0.4 is 5.32 Å². The maximum absolute atomic E-state index is 12.6. The smallest absolute Gasteiger partial charge is 0.266 e. The summed E-state index contributed by atoms with van der Waals surface area (Å²) in [6.45, 7) is 0.319. The quantitative estimate of drug-likeness (QED) is 0.342. The number of halogens is 2. The first-order valence-corrected chi connectivity index (χ1v) is 10.6. The summed E-state index contributed by atoms with van der Waals surface area (Å²) >= 11 is 18.5. The van der Waals surface area contributed by atoms with Gasteiger partial charge in [0.25, 0.3) is 5.91 Å². The number of thiocarbonyl (C=S) groups is 1. The van der Waals surface area contributed by atoms with Gasteiger partial charge in [-0.3, -0.25) is 14.5 Å². The van der Waals surface area contributed by atoms with Gasteiger partial charge in [-0.2, -0.15) is 0 Å². The van der Waals surface area contributed by atoms with Crippen LogP contribution in [0.15, 0.2) is 47.4 Å². The number of benzene rings is 2. The Bertz CT molecular complexity index is 1010.